The Bertz CT molecular complexity index is 624. The Balaban J connectivity index is 2.32. The van der Waals surface area contributed by atoms with E-state index in [-0.39, 0.29) is 29.5 Å². The number of carboxylic acid groups (broad SMARTS) is 1. The van der Waals surface area contributed by atoms with E-state index in [4.69, 9.17) is 5.11 Å². The summed E-state index contributed by atoms with van der Waals surface area (Å²) in [6.07, 6.45) is 2.03. The minimum atomic E-state index is -1.19. The Kier molecular flexibility index (Phi) is 3.65. The highest BCUT2D eigenvalue weighted by atomic mass is 19.1. The molecule has 0 bridgehead atoms. The molecule has 2 rings (SSSR count). The van der Waals surface area contributed by atoms with Crippen LogP contribution in [0, 0.1) is 11.7 Å². The van der Waals surface area contributed by atoms with Gasteiger partial charge < -0.3 is 5.11 Å². The van der Waals surface area contributed by atoms with Crippen LogP contribution >= 0.6 is 0 Å². The van der Waals surface area contributed by atoms with Crippen LogP contribution in [0.25, 0.3) is 6.08 Å². The van der Waals surface area contributed by atoms with Crippen molar-refractivity contribution in [3.05, 3.63) is 35.7 Å². The Labute approximate surface area is 114 Å². The molecule has 104 valence electrons. The van der Waals surface area contributed by atoms with Gasteiger partial charge in [0, 0.05) is 24.0 Å². The molecule has 0 aliphatic carbocycles. The van der Waals surface area contributed by atoms with Crippen molar-refractivity contribution in [3.63, 3.8) is 0 Å². The number of aliphatic carboxylic acids is 1. The van der Waals surface area contributed by atoms with Crippen molar-refractivity contribution in [2.45, 2.75) is 13.3 Å². The number of carboxylic acids is 1. The zero-order chi connectivity index (χ0) is 14.9. The standard InChI is InChI=1S/C14H12FNO4/c1-8-6-12(17)16(14(8)20)10-4-2-9(11(15)7-10)3-5-13(18)19/h2-5,7-8H,6H2,1H3,(H,18,19). The predicted octanol–water partition coefficient (Wildman–Crippen LogP) is 1.82. The maximum Gasteiger partial charge on any atom is 0.328 e. The minimum absolute atomic E-state index is 0.0725. The number of imide groups is 1. The summed E-state index contributed by atoms with van der Waals surface area (Å²) in [5.74, 6) is -3.01. The monoisotopic (exact) mass is 277 g/mol. The second-order valence-corrected chi connectivity index (χ2v) is 4.55. The summed E-state index contributed by atoms with van der Waals surface area (Å²) in [6, 6.07) is 3.79. The molecule has 1 saturated heterocycles. The van der Waals surface area contributed by atoms with Gasteiger partial charge in [0.1, 0.15) is 5.82 Å². The summed E-state index contributed by atoms with van der Waals surface area (Å²) >= 11 is 0. The van der Waals surface area contributed by atoms with E-state index >= 15 is 0 Å². The molecule has 0 aromatic heterocycles. The smallest absolute Gasteiger partial charge is 0.328 e. The topological polar surface area (TPSA) is 74.7 Å². The first-order valence-electron chi connectivity index (χ1n) is 5.97. The fourth-order valence-electron chi connectivity index (χ4n) is 2.01. The molecule has 1 aromatic carbocycles. The van der Waals surface area contributed by atoms with Crippen LogP contribution in [0.3, 0.4) is 0 Å². The number of halogens is 1. The van der Waals surface area contributed by atoms with E-state index in [9.17, 15) is 18.8 Å². The number of hydrogen-bond donors (Lipinski definition) is 1. The van der Waals surface area contributed by atoms with Gasteiger partial charge in [0.25, 0.3) is 0 Å². The third-order valence-corrected chi connectivity index (χ3v) is 3.02. The first-order chi connectivity index (χ1) is 9.40. The SMILES string of the molecule is CC1CC(=O)N(c2ccc(C=CC(=O)O)c(F)c2)C1=O. The van der Waals surface area contributed by atoms with Crippen LogP contribution in [-0.4, -0.2) is 22.9 Å². The van der Waals surface area contributed by atoms with Gasteiger partial charge in [-0.1, -0.05) is 6.92 Å². The van der Waals surface area contributed by atoms with Crippen molar-refractivity contribution in [3.8, 4) is 0 Å². The van der Waals surface area contributed by atoms with E-state index in [1.165, 1.54) is 12.1 Å². The fraction of sp³-hybridized carbons (Fsp3) is 0.214. The molecule has 1 heterocycles. The quantitative estimate of drug-likeness (QED) is 0.675. The van der Waals surface area contributed by atoms with Gasteiger partial charge in [-0.25, -0.2) is 9.18 Å². The van der Waals surface area contributed by atoms with Crippen LogP contribution in [0.1, 0.15) is 18.9 Å². The first-order valence-corrected chi connectivity index (χ1v) is 5.97. The number of anilines is 1. The Morgan fingerprint density at radius 1 is 1.45 bits per heavy atom. The molecule has 1 aliphatic rings. The lowest BCUT2D eigenvalue weighted by Gasteiger charge is -2.14. The summed E-state index contributed by atoms with van der Waals surface area (Å²) in [5, 5.41) is 8.48. The fourth-order valence-corrected chi connectivity index (χ4v) is 2.01. The second-order valence-electron chi connectivity index (χ2n) is 4.55. The van der Waals surface area contributed by atoms with E-state index in [0.29, 0.717) is 0 Å². The summed E-state index contributed by atoms with van der Waals surface area (Å²) in [4.78, 5) is 34.8. The minimum Gasteiger partial charge on any atom is -0.478 e. The van der Waals surface area contributed by atoms with Crippen LogP contribution < -0.4 is 4.90 Å². The third kappa shape index (κ3) is 2.59. The normalized spacial score (nSPS) is 19.1. The van der Waals surface area contributed by atoms with Crippen LogP contribution in [0.15, 0.2) is 24.3 Å². The number of carbonyl (C=O) groups excluding carboxylic acids is 2. The highest BCUT2D eigenvalue weighted by molar-refractivity contribution is 6.20. The Morgan fingerprint density at radius 2 is 2.15 bits per heavy atom. The maximum atomic E-state index is 13.8. The molecule has 1 N–H and O–H groups in total. The van der Waals surface area contributed by atoms with Crippen molar-refractivity contribution >= 4 is 29.5 Å². The van der Waals surface area contributed by atoms with Gasteiger partial charge in [-0.15, -0.1) is 0 Å². The van der Waals surface area contributed by atoms with Crippen molar-refractivity contribution in [2.75, 3.05) is 4.90 Å². The average Bonchev–Trinajstić information content (AvgIpc) is 2.61. The van der Waals surface area contributed by atoms with Crippen molar-refractivity contribution in [2.24, 2.45) is 5.92 Å². The van der Waals surface area contributed by atoms with Gasteiger partial charge in [-0.05, 0) is 24.3 Å². The third-order valence-electron chi connectivity index (χ3n) is 3.02. The molecule has 1 fully saturated rings. The summed E-state index contributed by atoms with van der Waals surface area (Å²) in [7, 11) is 0. The molecule has 5 nitrogen and oxygen atoms in total. The second kappa shape index (κ2) is 5.24. The molecule has 0 spiro atoms. The lowest BCUT2D eigenvalue weighted by Crippen LogP contribution is -2.30. The van der Waals surface area contributed by atoms with E-state index in [1.54, 1.807) is 6.92 Å². The van der Waals surface area contributed by atoms with E-state index in [1.807, 2.05) is 0 Å². The van der Waals surface area contributed by atoms with Crippen molar-refractivity contribution in [1.82, 2.24) is 0 Å². The first kappa shape index (κ1) is 13.9. The van der Waals surface area contributed by atoms with Crippen LogP contribution in [0.4, 0.5) is 10.1 Å². The van der Waals surface area contributed by atoms with E-state index in [0.717, 1.165) is 23.1 Å². The van der Waals surface area contributed by atoms with E-state index < -0.39 is 17.7 Å². The number of amides is 2. The van der Waals surface area contributed by atoms with E-state index in [2.05, 4.69) is 0 Å². The molecule has 1 unspecified atom stereocenters. The molecule has 1 aliphatic heterocycles. The molecular formula is C14H12FNO4. The zero-order valence-electron chi connectivity index (χ0n) is 10.7. The molecule has 20 heavy (non-hydrogen) atoms. The molecule has 6 heteroatoms. The zero-order valence-corrected chi connectivity index (χ0v) is 10.7. The molecule has 0 radical (unpaired) electrons. The molecular weight excluding hydrogens is 265 g/mol. The predicted molar refractivity (Wildman–Crippen MR) is 69.3 cm³/mol. The van der Waals surface area contributed by atoms with Gasteiger partial charge in [-0.2, -0.15) is 0 Å². The molecule has 1 atom stereocenters. The van der Waals surface area contributed by atoms with Gasteiger partial charge >= 0.3 is 5.97 Å². The largest absolute Gasteiger partial charge is 0.478 e. The average molecular weight is 277 g/mol. The van der Waals surface area contributed by atoms with Crippen LogP contribution in [-0.2, 0) is 14.4 Å². The summed E-state index contributed by atoms with van der Waals surface area (Å²) < 4.78 is 13.8. The highest BCUT2D eigenvalue weighted by Crippen LogP contribution is 2.27. The summed E-state index contributed by atoms with van der Waals surface area (Å²) in [5.41, 5.74) is 0.234. The highest BCUT2D eigenvalue weighted by Gasteiger charge is 2.36. The van der Waals surface area contributed by atoms with Crippen molar-refractivity contribution in [1.29, 1.82) is 0 Å². The number of hydrogen-bond acceptors (Lipinski definition) is 3. The van der Waals surface area contributed by atoms with Crippen molar-refractivity contribution < 1.29 is 23.9 Å². The number of nitrogens with zero attached hydrogens (tertiary/aromatic N) is 1. The molecule has 2 amide bonds. The molecule has 0 saturated carbocycles. The van der Waals surface area contributed by atoms with Gasteiger partial charge in [-0.3, -0.25) is 14.5 Å². The van der Waals surface area contributed by atoms with Gasteiger partial charge in [0.2, 0.25) is 11.8 Å². The Hall–Kier alpha value is -2.50. The molecule has 1 aromatic rings. The lowest BCUT2D eigenvalue weighted by molar-refractivity contribution is -0.131. The van der Waals surface area contributed by atoms with Crippen LogP contribution in [0.5, 0.6) is 0 Å². The van der Waals surface area contributed by atoms with Gasteiger partial charge in [0.15, 0.2) is 0 Å². The van der Waals surface area contributed by atoms with Gasteiger partial charge in [0.05, 0.1) is 5.69 Å². The Morgan fingerprint density at radius 3 is 2.65 bits per heavy atom. The van der Waals surface area contributed by atoms with Crippen LogP contribution in [0.2, 0.25) is 0 Å². The number of rotatable bonds is 3. The number of carbonyl (C=O) groups is 3. The lowest BCUT2D eigenvalue weighted by atomic mass is 10.1. The maximum absolute atomic E-state index is 13.8. The summed E-state index contributed by atoms with van der Waals surface area (Å²) in [6.45, 7) is 1.64. The number of benzene rings is 1.